The summed E-state index contributed by atoms with van der Waals surface area (Å²) in [5.41, 5.74) is 2.62. The normalized spacial score (nSPS) is 20.5. The highest BCUT2D eigenvalue weighted by atomic mass is 16.6. The highest BCUT2D eigenvalue weighted by Gasteiger charge is 2.29. The summed E-state index contributed by atoms with van der Waals surface area (Å²) in [6, 6.07) is 12.6. The topological polar surface area (TPSA) is 92.5 Å². The molecule has 0 unspecified atom stereocenters. The summed E-state index contributed by atoms with van der Waals surface area (Å²) in [5.74, 6) is 1.61. The molecule has 2 heterocycles. The molecule has 1 aromatic heterocycles. The van der Waals surface area contributed by atoms with Crippen LogP contribution in [-0.4, -0.2) is 36.1 Å². The van der Waals surface area contributed by atoms with Gasteiger partial charge in [0.15, 0.2) is 11.5 Å². The summed E-state index contributed by atoms with van der Waals surface area (Å²) in [7, 11) is 0. The number of para-hydroxylation sites is 1. The molecule has 0 spiro atoms. The number of hydrogen-bond acceptors (Lipinski definition) is 4. The zero-order chi connectivity index (χ0) is 23.5. The smallest absolute Gasteiger partial charge is 0.247 e. The Morgan fingerprint density at radius 3 is 2.62 bits per heavy atom. The van der Waals surface area contributed by atoms with E-state index in [0.29, 0.717) is 42.7 Å². The van der Waals surface area contributed by atoms with Crippen LogP contribution in [0, 0.1) is 11.8 Å². The first-order valence-corrected chi connectivity index (χ1v) is 12.1. The molecule has 34 heavy (non-hydrogen) atoms. The van der Waals surface area contributed by atoms with Gasteiger partial charge in [-0.25, -0.2) is 0 Å². The fourth-order valence-electron chi connectivity index (χ4n) is 4.89. The van der Waals surface area contributed by atoms with E-state index in [1.807, 2.05) is 30.5 Å². The van der Waals surface area contributed by atoms with Gasteiger partial charge in [-0.2, -0.15) is 0 Å². The largest absolute Gasteiger partial charge is 0.486 e. The Morgan fingerprint density at radius 1 is 1.03 bits per heavy atom. The Labute approximate surface area is 199 Å². The average Bonchev–Trinajstić information content (AvgIpc) is 3.26. The van der Waals surface area contributed by atoms with Crippen molar-refractivity contribution in [3.05, 3.63) is 54.2 Å². The molecule has 3 aromatic rings. The van der Waals surface area contributed by atoms with Gasteiger partial charge in [0.1, 0.15) is 19.3 Å². The van der Waals surface area contributed by atoms with Crippen LogP contribution in [-0.2, 0) is 16.0 Å². The zero-order valence-corrected chi connectivity index (χ0v) is 19.4. The molecule has 7 nitrogen and oxygen atoms in total. The van der Waals surface area contributed by atoms with Gasteiger partial charge in [-0.3, -0.25) is 9.59 Å². The second-order valence-corrected chi connectivity index (χ2v) is 9.43. The van der Waals surface area contributed by atoms with Crippen LogP contribution in [0.4, 0.5) is 5.69 Å². The Bertz CT molecular complexity index is 1180. The van der Waals surface area contributed by atoms with E-state index in [2.05, 4.69) is 22.5 Å². The van der Waals surface area contributed by atoms with Crippen molar-refractivity contribution >= 4 is 28.4 Å². The first kappa shape index (κ1) is 22.3. The van der Waals surface area contributed by atoms with Crippen LogP contribution in [0.5, 0.6) is 11.5 Å². The Balaban J connectivity index is 1.35. The molecular weight excluding hydrogens is 430 g/mol. The maximum Gasteiger partial charge on any atom is 0.247 e. The number of amides is 2. The van der Waals surface area contributed by atoms with Crippen molar-refractivity contribution in [3.63, 3.8) is 0 Å². The maximum atomic E-state index is 13.4. The lowest BCUT2D eigenvalue weighted by molar-refractivity contribution is -0.130. The molecule has 3 N–H and O–H groups in total. The van der Waals surface area contributed by atoms with Crippen molar-refractivity contribution in [2.24, 2.45) is 11.8 Å². The van der Waals surface area contributed by atoms with Crippen LogP contribution >= 0.6 is 0 Å². The van der Waals surface area contributed by atoms with Gasteiger partial charge < -0.3 is 25.1 Å². The SMILES string of the molecule is CC1CCC(C(=O)N[C@@H](Cc2c[nH]c3ccccc23)C(=O)Nc2ccc3c(c2)OCCO3)CC1. The summed E-state index contributed by atoms with van der Waals surface area (Å²) < 4.78 is 11.2. The first-order chi connectivity index (χ1) is 16.6. The molecule has 0 radical (unpaired) electrons. The van der Waals surface area contributed by atoms with E-state index in [1.54, 1.807) is 18.2 Å². The maximum absolute atomic E-state index is 13.4. The van der Waals surface area contributed by atoms with Crippen molar-refractivity contribution in [1.82, 2.24) is 10.3 Å². The molecule has 178 valence electrons. The molecule has 1 atom stereocenters. The number of aromatic amines is 1. The molecule has 5 rings (SSSR count). The van der Waals surface area contributed by atoms with Crippen molar-refractivity contribution in [2.75, 3.05) is 18.5 Å². The fraction of sp³-hybridized carbons (Fsp3) is 0.407. The minimum Gasteiger partial charge on any atom is -0.486 e. The van der Waals surface area contributed by atoms with Gasteiger partial charge in [-0.15, -0.1) is 0 Å². The summed E-state index contributed by atoms with van der Waals surface area (Å²) >= 11 is 0. The number of hydrogen-bond donors (Lipinski definition) is 3. The summed E-state index contributed by atoms with van der Waals surface area (Å²) in [6.07, 6.45) is 6.16. The van der Waals surface area contributed by atoms with Gasteiger partial charge in [0, 0.05) is 41.2 Å². The quantitative estimate of drug-likeness (QED) is 0.506. The predicted molar refractivity (Wildman–Crippen MR) is 131 cm³/mol. The first-order valence-electron chi connectivity index (χ1n) is 12.1. The van der Waals surface area contributed by atoms with E-state index in [9.17, 15) is 9.59 Å². The molecule has 2 aromatic carbocycles. The molecule has 1 saturated carbocycles. The second kappa shape index (κ2) is 9.79. The molecule has 0 bridgehead atoms. The van der Waals surface area contributed by atoms with Crippen molar-refractivity contribution in [2.45, 2.75) is 45.1 Å². The lowest BCUT2D eigenvalue weighted by Gasteiger charge is -2.27. The fourth-order valence-corrected chi connectivity index (χ4v) is 4.89. The number of anilines is 1. The molecule has 2 amide bonds. The predicted octanol–water partition coefficient (Wildman–Crippen LogP) is 4.43. The summed E-state index contributed by atoms with van der Waals surface area (Å²) in [4.78, 5) is 29.8. The van der Waals surface area contributed by atoms with E-state index in [-0.39, 0.29) is 17.7 Å². The van der Waals surface area contributed by atoms with Gasteiger partial charge in [0.2, 0.25) is 11.8 Å². The van der Waals surface area contributed by atoms with E-state index in [1.165, 1.54) is 0 Å². The zero-order valence-electron chi connectivity index (χ0n) is 19.4. The van der Waals surface area contributed by atoms with Crippen molar-refractivity contribution in [3.8, 4) is 11.5 Å². The Hall–Kier alpha value is -3.48. The minimum atomic E-state index is -0.695. The molecule has 2 aliphatic rings. The van der Waals surface area contributed by atoms with Crippen LogP contribution in [0.3, 0.4) is 0 Å². The van der Waals surface area contributed by atoms with Crippen LogP contribution in [0.25, 0.3) is 10.9 Å². The third-order valence-electron chi connectivity index (χ3n) is 6.93. The van der Waals surface area contributed by atoms with E-state index in [4.69, 9.17) is 9.47 Å². The molecule has 1 fully saturated rings. The van der Waals surface area contributed by atoms with Gasteiger partial charge in [-0.05, 0) is 55.4 Å². The molecule has 7 heteroatoms. The molecule has 0 saturated heterocycles. The third-order valence-corrected chi connectivity index (χ3v) is 6.93. The van der Waals surface area contributed by atoms with E-state index >= 15 is 0 Å². The lowest BCUT2D eigenvalue weighted by atomic mass is 9.82. The van der Waals surface area contributed by atoms with Gasteiger partial charge >= 0.3 is 0 Å². The van der Waals surface area contributed by atoms with E-state index < -0.39 is 6.04 Å². The van der Waals surface area contributed by atoms with Crippen molar-refractivity contribution in [1.29, 1.82) is 0 Å². The number of carbonyl (C=O) groups is 2. The van der Waals surface area contributed by atoms with Crippen molar-refractivity contribution < 1.29 is 19.1 Å². The van der Waals surface area contributed by atoms with Gasteiger partial charge in [0.05, 0.1) is 0 Å². The van der Waals surface area contributed by atoms with Crippen LogP contribution in [0.1, 0.15) is 38.2 Å². The van der Waals surface area contributed by atoms with Crippen LogP contribution < -0.4 is 20.1 Å². The second-order valence-electron chi connectivity index (χ2n) is 9.43. The van der Waals surface area contributed by atoms with Crippen LogP contribution in [0.15, 0.2) is 48.7 Å². The molecule has 1 aliphatic carbocycles. The number of fused-ring (bicyclic) bond motifs is 2. The number of aromatic nitrogens is 1. The summed E-state index contributed by atoms with van der Waals surface area (Å²) in [5, 5.41) is 7.09. The minimum absolute atomic E-state index is 0.0333. The Morgan fingerprint density at radius 2 is 1.79 bits per heavy atom. The lowest BCUT2D eigenvalue weighted by Crippen LogP contribution is -2.47. The summed E-state index contributed by atoms with van der Waals surface area (Å²) in [6.45, 7) is 3.22. The van der Waals surface area contributed by atoms with Gasteiger partial charge in [0.25, 0.3) is 0 Å². The molecule has 1 aliphatic heterocycles. The standard InChI is InChI=1S/C27H31N3O4/c1-17-6-8-18(9-7-17)26(31)30-23(14-19-16-28-22-5-3-2-4-21(19)22)27(32)29-20-10-11-24-25(15-20)34-13-12-33-24/h2-5,10-11,15-18,23,28H,6-9,12-14H2,1H3,(H,29,32)(H,30,31)/t17?,18?,23-/m0/s1. The number of ether oxygens (including phenoxy) is 2. The number of benzene rings is 2. The number of H-pyrrole nitrogens is 1. The molecular formula is C27H31N3O4. The third kappa shape index (κ3) is 4.88. The number of nitrogens with one attached hydrogen (secondary N) is 3. The highest BCUT2D eigenvalue weighted by molar-refractivity contribution is 5.98. The Kier molecular flexibility index (Phi) is 6.43. The average molecular weight is 462 g/mol. The number of rotatable bonds is 6. The van der Waals surface area contributed by atoms with Gasteiger partial charge in [-0.1, -0.05) is 25.1 Å². The monoisotopic (exact) mass is 461 g/mol. The highest BCUT2D eigenvalue weighted by Crippen LogP contribution is 2.33. The van der Waals surface area contributed by atoms with E-state index in [0.717, 1.165) is 42.1 Å². The van der Waals surface area contributed by atoms with Crippen LogP contribution in [0.2, 0.25) is 0 Å². The number of carbonyl (C=O) groups excluding carboxylic acids is 2.